The molecule has 1 aliphatic rings. The minimum absolute atomic E-state index is 0.0162. The van der Waals surface area contributed by atoms with Crippen LogP contribution in [0.5, 0.6) is 0 Å². The second kappa shape index (κ2) is 6.82. The molecule has 1 saturated carbocycles. The van der Waals surface area contributed by atoms with Gasteiger partial charge < -0.3 is 0 Å². The van der Waals surface area contributed by atoms with Crippen LogP contribution >= 0.6 is 11.3 Å². The normalized spacial score (nSPS) is 21.9. The van der Waals surface area contributed by atoms with Crippen LogP contribution in [0.4, 0.5) is 0 Å². The molecule has 0 radical (unpaired) electrons. The van der Waals surface area contributed by atoms with E-state index < -0.39 is 0 Å². The first kappa shape index (κ1) is 18.8. The van der Waals surface area contributed by atoms with Gasteiger partial charge in [-0.3, -0.25) is 4.79 Å². The van der Waals surface area contributed by atoms with Gasteiger partial charge in [0.05, 0.1) is 27.9 Å². The van der Waals surface area contributed by atoms with Gasteiger partial charge in [-0.1, -0.05) is 58.0 Å². The summed E-state index contributed by atoms with van der Waals surface area (Å²) in [5, 5.41) is 4.16. The summed E-state index contributed by atoms with van der Waals surface area (Å²) >= 11 is 1.60. The SMILES string of the molecule is CC(C)(C)c1ccc(C2(C)CC2C(=O)N/N=C/c2ccc3ncsc3c2)cc1. The number of nitrogens with zero attached hydrogens (tertiary/aromatic N) is 2. The molecule has 4 nitrogen and oxygen atoms in total. The van der Waals surface area contributed by atoms with Crippen LogP contribution in [0.2, 0.25) is 0 Å². The zero-order valence-corrected chi connectivity index (χ0v) is 17.5. The number of rotatable bonds is 4. The van der Waals surface area contributed by atoms with Gasteiger partial charge in [0.2, 0.25) is 5.91 Å². The Labute approximate surface area is 169 Å². The third-order valence-corrected chi connectivity index (χ3v) is 6.50. The average molecular weight is 392 g/mol. The van der Waals surface area contributed by atoms with E-state index in [0.717, 1.165) is 22.2 Å². The van der Waals surface area contributed by atoms with Crippen molar-refractivity contribution in [1.29, 1.82) is 0 Å². The van der Waals surface area contributed by atoms with Gasteiger partial charge in [-0.25, -0.2) is 10.4 Å². The summed E-state index contributed by atoms with van der Waals surface area (Å²) in [5.41, 5.74) is 9.05. The Hall–Kier alpha value is -2.53. The number of thiazole rings is 1. The van der Waals surface area contributed by atoms with E-state index in [0.29, 0.717) is 0 Å². The molecular formula is C23H25N3OS. The van der Waals surface area contributed by atoms with Crippen molar-refractivity contribution in [2.45, 2.75) is 44.9 Å². The number of nitrogens with one attached hydrogen (secondary N) is 1. The largest absolute Gasteiger partial charge is 0.273 e. The molecule has 1 N–H and O–H groups in total. The highest BCUT2D eigenvalue weighted by Gasteiger charge is 2.55. The standard InChI is InChI=1S/C23H25N3OS/c1-22(2,3)16-6-8-17(9-7-16)23(4)12-18(23)21(27)26-25-13-15-5-10-19-20(11-15)28-14-24-19/h5-11,13-14,18H,12H2,1-4H3,(H,26,27)/b25-13+. The molecule has 3 aromatic rings. The van der Waals surface area contributed by atoms with E-state index in [2.05, 4.69) is 67.5 Å². The maximum atomic E-state index is 12.5. The minimum atomic E-state index is -0.0996. The van der Waals surface area contributed by atoms with Gasteiger partial charge in [0, 0.05) is 5.41 Å². The summed E-state index contributed by atoms with van der Waals surface area (Å²) in [7, 11) is 0. The monoisotopic (exact) mass is 391 g/mol. The van der Waals surface area contributed by atoms with Gasteiger partial charge in [0.15, 0.2) is 0 Å². The number of hydrogen-bond acceptors (Lipinski definition) is 4. The van der Waals surface area contributed by atoms with E-state index in [9.17, 15) is 4.79 Å². The molecule has 4 rings (SSSR count). The molecule has 1 aliphatic carbocycles. The summed E-state index contributed by atoms with van der Waals surface area (Å²) < 4.78 is 1.11. The Morgan fingerprint density at radius 2 is 2.00 bits per heavy atom. The van der Waals surface area contributed by atoms with Crippen LogP contribution in [-0.2, 0) is 15.6 Å². The number of fused-ring (bicyclic) bond motifs is 1. The minimum Gasteiger partial charge on any atom is -0.273 e. The van der Waals surface area contributed by atoms with Crippen molar-refractivity contribution in [3.63, 3.8) is 0 Å². The molecule has 2 aromatic carbocycles. The van der Waals surface area contributed by atoms with E-state index in [1.807, 2.05) is 23.7 Å². The molecule has 2 atom stereocenters. The molecule has 1 fully saturated rings. The van der Waals surface area contributed by atoms with Gasteiger partial charge in [-0.2, -0.15) is 5.10 Å². The first-order valence-electron chi connectivity index (χ1n) is 9.54. The molecular weight excluding hydrogens is 366 g/mol. The van der Waals surface area contributed by atoms with Crippen LogP contribution in [0, 0.1) is 5.92 Å². The number of carbonyl (C=O) groups excluding carboxylic acids is 1. The molecule has 2 unspecified atom stereocenters. The predicted octanol–water partition coefficient (Wildman–Crippen LogP) is 5.02. The van der Waals surface area contributed by atoms with Crippen molar-refractivity contribution in [1.82, 2.24) is 10.4 Å². The van der Waals surface area contributed by atoms with Gasteiger partial charge in [0.25, 0.3) is 0 Å². The van der Waals surface area contributed by atoms with E-state index in [-0.39, 0.29) is 22.7 Å². The fraction of sp³-hybridized carbons (Fsp3) is 0.348. The lowest BCUT2D eigenvalue weighted by atomic mass is 9.85. The molecule has 1 heterocycles. The number of benzene rings is 2. The lowest BCUT2D eigenvalue weighted by molar-refractivity contribution is -0.122. The molecule has 0 saturated heterocycles. The van der Waals surface area contributed by atoms with Crippen LogP contribution in [0.15, 0.2) is 53.1 Å². The smallest absolute Gasteiger partial charge is 0.244 e. The lowest BCUT2D eigenvalue weighted by Crippen LogP contribution is -2.23. The predicted molar refractivity (Wildman–Crippen MR) is 116 cm³/mol. The first-order valence-corrected chi connectivity index (χ1v) is 10.4. The van der Waals surface area contributed by atoms with Crippen molar-refractivity contribution < 1.29 is 4.79 Å². The summed E-state index contributed by atoms with van der Waals surface area (Å²) in [6.45, 7) is 8.79. The Morgan fingerprint density at radius 3 is 2.71 bits per heavy atom. The number of carbonyl (C=O) groups is 1. The van der Waals surface area contributed by atoms with Gasteiger partial charge in [-0.15, -0.1) is 11.3 Å². The van der Waals surface area contributed by atoms with Crippen LogP contribution in [0.25, 0.3) is 10.2 Å². The molecule has 0 spiro atoms. The van der Waals surface area contributed by atoms with Crippen LogP contribution in [0.1, 0.15) is 50.8 Å². The summed E-state index contributed by atoms with van der Waals surface area (Å²) in [4.78, 5) is 16.8. The summed E-state index contributed by atoms with van der Waals surface area (Å²) in [6, 6.07) is 14.6. The van der Waals surface area contributed by atoms with Crippen LogP contribution in [0.3, 0.4) is 0 Å². The zero-order chi connectivity index (χ0) is 19.9. The lowest BCUT2D eigenvalue weighted by Gasteiger charge is -2.20. The maximum Gasteiger partial charge on any atom is 0.244 e. The maximum absolute atomic E-state index is 12.5. The molecule has 0 bridgehead atoms. The number of hydrazone groups is 1. The van der Waals surface area contributed by atoms with Crippen molar-refractivity contribution in [2.24, 2.45) is 11.0 Å². The highest BCUT2D eigenvalue weighted by molar-refractivity contribution is 7.16. The third kappa shape index (κ3) is 3.59. The third-order valence-electron chi connectivity index (χ3n) is 5.71. The highest BCUT2D eigenvalue weighted by Crippen LogP contribution is 2.54. The second-order valence-corrected chi connectivity index (χ2v) is 9.70. The van der Waals surface area contributed by atoms with Crippen LogP contribution < -0.4 is 5.43 Å². The molecule has 1 amide bonds. The molecule has 144 valence electrons. The Morgan fingerprint density at radius 1 is 1.25 bits per heavy atom. The molecule has 1 aromatic heterocycles. The number of hydrogen-bond donors (Lipinski definition) is 1. The van der Waals surface area contributed by atoms with Gasteiger partial charge >= 0.3 is 0 Å². The van der Waals surface area contributed by atoms with E-state index in [1.165, 1.54) is 11.1 Å². The zero-order valence-electron chi connectivity index (χ0n) is 16.7. The number of aromatic nitrogens is 1. The van der Waals surface area contributed by atoms with Gasteiger partial charge in [-0.05, 0) is 40.7 Å². The van der Waals surface area contributed by atoms with Crippen molar-refractivity contribution in [2.75, 3.05) is 0 Å². The van der Waals surface area contributed by atoms with Crippen molar-refractivity contribution in [3.05, 3.63) is 64.7 Å². The summed E-state index contributed by atoms with van der Waals surface area (Å²) in [6.07, 6.45) is 2.55. The fourth-order valence-electron chi connectivity index (χ4n) is 3.62. The second-order valence-electron chi connectivity index (χ2n) is 8.82. The van der Waals surface area contributed by atoms with Crippen LogP contribution in [-0.4, -0.2) is 17.1 Å². The average Bonchev–Trinajstić information content (AvgIpc) is 3.15. The van der Waals surface area contributed by atoms with Crippen molar-refractivity contribution >= 4 is 33.7 Å². The highest BCUT2D eigenvalue weighted by atomic mass is 32.1. The first-order chi connectivity index (χ1) is 13.3. The van der Waals surface area contributed by atoms with Gasteiger partial charge in [0.1, 0.15) is 0 Å². The molecule has 28 heavy (non-hydrogen) atoms. The quantitative estimate of drug-likeness (QED) is 0.501. The Kier molecular flexibility index (Phi) is 4.58. The Balaban J connectivity index is 1.39. The fourth-order valence-corrected chi connectivity index (χ4v) is 4.34. The Bertz CT molecular complexity index is 1050. The van der Waals surface area contributed by atoms with E-state index in [1.54, 1.807) is 17.6 Å². The summed E-state index contributed by atoms with van der Waals surface area (Å²) in [5.74, 6) is -0.0494. The molecule has 5 heteroatoms. The van der Waals surface area contributed by atoms with E-state index in [4.69, 9.17) is 0 Å². The topological polar surface area (TPSA) is 54.4 Å². The van der Waals surface area contributed by atoms with Crippen molar-refractivity contribution in [3.8, 4) is 0 Å². The number of amides is 1. The molecule has 0 aliphatic heterocycles. The van der Waals surface area contributed by atoms with E-state index >= 15 is 0 Å².